The monoisotopic (exact) mass is 280 g/mol. The standard InChI is InChI=1S/C13H20N4O3/c1-9(11-3-2-6-20-11)16-12(18)8-17-5-4-15-7-10(17)13(14)19/h2-3,6,9-10,15H,4-5,7-8H2,1H3,(H2,14,19)(H,16,18). The minimum absolute atomic E-state index is 0.151. The van der Waals surface area contributed by atoms with E-state index in [1.54, 1.807) is 17.2 Å². The van der Waals surface area contributed by atoms with Gasteiger partial charge in [-0.3, -0.25) is 14.5 Å². The largest absolute Gasteiger partial charge is 0.467 e. The third-order valence-electron chi connectivity index (χ3n) is 3.38. The second-order valence-corrected chi connectivity index (χ2v) is 4.90. The number of nitrogens with zero attached hydrogens (tertiary/aromatic N) is 1. The van der Waals surface area contributed by atoms with Crippen molar-refractivity contribution in [1.82, 2.24) is 15.5 Å². The predicted octanol–water partition coefficient (Wildman–Crippen LogP) is -0.784. The molecule has 0 spiro atoms. The number of nitrogens with two attached hydrogens (primary N) is 1. The molecule has 1 aromatic heterocycles. The first-order valence-corrected chi connectivity index (χ1v) is 6.65. The van der Waals surface area contributed by atoms with Crippen LogP contribution in [0.2, 0.25) is 0 Å². The smallest absolute Gasteiger partial charge is 0.236 e. The molecule has 7 nitrogen and oxygen atoms in total. The molecule has 2 rings (SSSR count). The molecule has 0 aromatic carbocycles. The zero-order valence-electron chi connectivity index (χ0n) is 11.5. The Morgan fingerprint density at radius 2 is 2.45 bits per heavy atom. The lowest BCUT2D eigenvalue weighted by molar-refractivity contribution is -0.127. The van der Waals surface area contributed by atoms with Crippen LogP contribution in [0.5, 0.6) is 0 Å². The summed E-state index contributed by atoms with van der Waals surface area (Å²) in [5.74, 6) is 0.135. The van der Waals surface area contributed by atoms with Crippen molar-refractivity contribution in [3.8, 4) is 0 Å². The summed E-state index contributed by atoms with van der Waals surface area (Å²) >= 11 is 0. The Balaban J connectivity index is 1.88. The molecule has 2 atom stereocenters. The SMILES string of the molecule is CC(NC(=O)CN1CCNCC1C(N)=O)c1ccco1. The molecule has 2 heterocycles. The van der Waals surface area contributed by atoms with Gasteiger partial charge in [0.2, 0.25) is 11.8 Å². The Morgan fingerprint density at radius 1 is 1.65 bits per heavy atom. The van der Waals surface area contributed by atoms with Crippen LogP contribution >= 0.6 is 0 Å². The van der Waals surface area contributed by atoms with E-state index in [-0.39, 0.29) is 18.5 Å². The average molecular weight is 280 g/mol. The molecule has 1 fully saturated rings. The lowest BCUT2D eigenvalue weighted by atomic mass is 10.1. The maximum Gasteiger partial charge on any atom is 0.236 e. The van der Waals surface area contributed by atoms with Crippen molar-refractivity contribution in [1.29, 1.82) is 0 Å². The number of furan rings is 1. The second kappa shape index (κ2) is 6.53. The van der Waals surface area contributed by atoms with Crippen molar-refractivity contribution >= 4 is 11.8 Å². The minimum atomic E-state index is -0.437. The van der Waals surface area contributed by atoms with Gasteiger partial charge in [-0.2, -0.15) is 0 Å². The van der Waals surface area contributed by atoms with Crippen LogP contribution in [0.1, 0.15) is 18.7 Å². The summed E-state index contributed by atoms with van der Waals surface area (Å²) in [5, 5.41) is 5.94. The van der Waals surface area contributed by atoms with E-state index < -0.39 is 11.9 Å². The maximum atomic E-state index is 12.0. The molecular weight excluding hydrogens is 260 g/mol. The fourth-order valence-electron chi connectivity index (χ4n) is 2.30. The molecule has 2 amide bonds. The summed E-state index contributed by atoms with van der Waals surface area (Å²) < 4.78 is 5.23. The highest BCUT2D eigenvalue weighted by atomic mass is 16.3. The van der Waals surface area contributed by atoms with E-state index in [1.165, 1.54) is 0 Å². The number of carbonyl (C=O) groups excluding carboxylic acids is 2. The number of nitrogens with one attached hydrogen (secondary N) is 2. The van der Waals surface area contributed by atoms with Gasteiger partial charge in [0.15, 0.2) is 0 Å². The van der Waals surface area contributed by atoms with Gasteiger partial charge in [0, 0.05) is 19.6 Å². The number of amides is 2. The molecule has 4 N–H and O–H groups in total. The lowest BCUT2D eigenvalue weighted by Gasteiger charge is -2.33. The van der Waals surface area contributed by atoms with Crippen molar-refractivity contribution in [3.63, 3.8) is 0 Å². The highest BCUT2D eigenvalue weighted by Gasteiger charge is 2.28. The van der Waals surface area contributed by atoms with Crippen molar-refractivity contribution < 1.29 is 14.0 Å². The first-order chi connectivity index (χ1) is 9.58. The Kier molecular flexibility index (Phi) is 4.75. The molecule has 110 valence electrons. The molecule has 1 aliphatic rings. The maximum absolute atomic E-state index is 12.0. The van der Waals surface area contributed by atoms with Crippen molar-refractivity contribution in [3.05, 3.63) is 24.2 Å². The molecule has 20 heavy (non-hydrogen) atoms. The fourth-order valence-corrected chi connectivity index (χ4v) is 2.30. The number of carbonyl (C=O) groups is 2. The quantitative estimate of drug-likeness (QED) is 0.656. The van der Waals surface area contributed by atoms with Crippen LogP contribution in [0.4, 0.5) is 0 Å². The van der Waals surface area contributed by atoms with Gasteiger partial charge in [-0.25, -0.2) is 0 Å². The van der Waals surface area contributed by atoms with Gasteiger partial charge in [-0.15, -0.1) is 0 Å². The molecule has 0 saturated carbocycles. The predicted molar refractivity (Wildman–Crippen MR) is 72.7 cm³/mol. The fraction of sp³-hybridized carbons (Fsp3) is 0.538. The first kappa shape index (κ1) is 14.5. The average Bonchev–Trinajstić information content (AvgIpc) is 2.92. The van der Waals surface area contributed by atoms with E-state index in [4.69, 9.17) is 10.2 Å². The molecule has 1 aromatic rings. The molecule has 0 aliphatic carbocycles. The molecule has 1 saturated heterocycles. The summed E-state index contributed by atoms with van der Waals surface area (Å²) in [6.45, 7) is 3.84. The van der Waals surface area contributed by atoms with Gasteiger partial charge in [-0.1, -0.05) is 0 Å². The molecule has 0 radical (unpaired) electrons. The van der Waals surface area contributed by atoms with E-state index >= 15 is 0 Å². The third-order valence-corrected chi connectivity index (χ3v) is 3.38. The minimum Gasteiger partial charge on any atom is -0.467 e. The number of hydrogen-bond acceptors (Lipinski definition) is 5. The van der Waals surface area contributed by atoms with Crippen LogP contribution < -0.4 is 16.4 Å². The summed E-state index contributed by atoms with van der Waals surface area (Å²) in [4.78, 5) is 25.2. The van der Waals surface area contributed by atoms with Gasteiger partial charge < -0.3 is 20.8 Å². The van der Waals surface area contributed by atoms with Crippen LogP contribution in [-0.2, 0) is 9.59 Å². The number of piperazine rings is 1. The molecular formula is C13H20N4O3. The Bertz CT molecular complexity index is 460. The van der Waals surface area contributed by atoms with Gasteiger partial charge in [0.05, 0.1) is 18.8 Å². The molecule has 7 heteroatoms. The van der Waals surface area contributed by atoms with E-state index in [1.807, 2.05) is 13.0 Å². The molecule has 2 unspecified atom stereocenters. The normalized spacial score (nSPS) is 21.4. The van der Waals surface area contributed by atoms with Crippen molar-refractivity contribution in [2.75, 3.05) is 26.2 Å². The number of rotatable bonds is 5. The molecule has 1 aliphatic heterocycles. The number of hydrogen-bond donors (Lipinski definition) is 3. The summed E-state index contributed by atoms with van der Waals surface area (Å²) in [7, 11) is 0. The summed E-state index contributed by atoms with van der Waals surface area (Å²) in [6, 6.07) is 2.94. The van der Waals surface area contributed by atoms with E-state index in [0.29, 0.717) is 18.8 Å². The topological polar surface area (TPSA) is 101 Å². The van der Waals surface area contributed by atoms with E-state index in [0.717, 1.165) is 6.54 Å². The zero-order chi connectivity index (χ0) is 14.5. The molecule has 0 bridgehead atoms. The van der Waals surface area contributed by atoms with Gasteiger partial charge >= 0.3 is 0 Å². The Labute approximate surface area is 117 Å². The lowest BCUT2D eigenvalue weighted by Crippen LogP contribution is -2.58. The van der Waals surface area contributed by atoms with Crippen LogP contribution in [-0.4, -0.2) is 48.9 Å². The Morgan fingerprint density at radius 3 is 3.10 bits per heavy atom. The van der Waals surface area contributed by atoms with Crippen LogP contribution in [0.25, 0.3) is 0 Å². The number of primary amides is 1. The van der Waals surface area contributed by atoms with Crippen LogP contribution in [0.15, 0.2) is 22.8 Å². The summed E-state index contributed by atoms with van der Waals surface area (Å²) in [5.41, 5.74) is 5.34. The van der Waals surface area contributed by atoms with Gasteiger partial charge in [-0.05, 0) is 19.1 Å². The van der Waals surface area contributed by atoms with Crippen LogP contribution in [0.3, 0.4) is 0 Å². The second-order valence-electron chi connectivity index (χ2n) is 4.90. The zero-order valence-corrected chi connectivity index (χ0v) is 11.5. The van der Waals surface area contributed by atoms with Crippen molar-refractivity contribution in [2.24, 2.45) is 5.73 Å². The van der Waals surface area contributed by atoms with Gasteiger partial charge in [0.25, 0.3) is 0 Å². The van der Waals surface area contributed by atoms with E-state index in [2.05, 4.69) is 10.6 Å². The van der Waals surface area contributed by atoms with Crippen molar-refractivity contribution in [2.45, 2.75) is 19.0 Å². The highest BCUT2D eigenvalue weighted by Crippen LogP contribution is 2.12. The highest BCUT2D eigenvalue weighted by molar-refractivity contribution is 5.83. The Hall–Kier alpha value is -1.86. The first-order valence-electron chi connectivity index (χ1n) is 6.65. The third kappa shape index (κ3) is 3.58. The summed E-state index contributed by atoms with van der Waals surface area (Å²) in [6.07, 6.45) is 1.57. The van der Waals surface area contributed by atoms with Crippen LogP contribution in [0, 0.1) is 0 Å². The van der Waals surface area contributed by atoms with Gasteiger partial charge in [0.1, 0.15) is 11.8 Å². The van der Waals surface area contributed by atoms with E-state index in [9.17, 15) is 9.59 Å².